The molecule has 0 aliphatic carbocycles. The van der Waals surface area contributed by atoms with Gasteiger partial charge < -0.3 is 19.7 Å². The van der Waals surface area contributed by atoms with Gasteiger partial charge in [-0.3, -0.25) is 0 Å². The van der Waals surface area contributed by atoms with Gasteiger partial charge in [0.15, 0.2) is 5.95 Å². The zero-order valence-corrected chi connectivity index (χ0v) is 15.7. The van der Waals surface area contributed by atoms with Crippen molar-refractivity contribution in [1.29, 1.82) is 0 Å². The second-order valence-corrected chi connectivity index (χ2v) is 7.03. The van der Waals surface area contributed by atoms with Crippen LogP contribution < -0.4 is 19.8 Å². The van der Waals surface area contributed by atoms with Gasteiger partial charge in [-0.15, -0.1) is 0 Å². The highest BCUT2D eigenvalue weighted by atomic mass is 32.1. The summed E-state index contributed by atoms with van der Waals surface area (Å²) < 4.78 is 12.3. The lowest BCUT2D eigenvalue weighted by molar-refractivity contribution is -0.678. The standard InChI is InChI=1S/C21H15N3O3S/c1-12-6-9-14(10-7-12)24-19(20(25)27-23-24)18-17-15-5-3-2-4-13(15)8-11-16(17)26-21(28)22-18/h2-11,18H,1H3,(H-,22,23,25,28). The van der Waals surface area contributed by atoms with Gasteiger partial charge in [0.05, 0.1) is 5.27 Å². The van der Waals surface area contributed by atoms with E-state index < -0.39 is 12.0 Å². The van der Waals surface area contributed by atoms with Gasteiger partial charge in [0.2, 0.25) is 5.69 Å². The summed E-state index contributed by atoms with van der Waals surface area (Å²) >= 11 is 5.28. The molecule has 1 N–H and O–H groups in total. The van der Waals surface area contributed by atoms with E-state index in [1.165, 1.54) is 4.68 Å². The summed E-state index contributed by atoms with van der Waals surface area (Å²) in [4.78, 5) is 0. The average Bonchev–Trinajstić information content (AvgIpc) is 3.09. The van der Waals surface area contributed by atoms with Crippen LogP contribution in [0.15, 0.2) is 65.2 Å². The minimum absolute atomic E-state index is 0.198. The summed E-state index contributed by atoms with van der Waals surface area (Å²) in [5, 5.41) is 22.0. The van der Waals surface area contributed by atoms with Crippen molar-refractivity contribution in [3.8, 4) is 17.4 Å². The largest absolute Gasteiger partial charge is 0.539 e. The van der Waals surface area contributed by atoms with E-state index in [0.717, 1.165) is 27.6 Å². The van der Waals surface area contributed by atoms with E-state index in [9.17, 15) is 5.11 Å². The van der Waals surface area contributed by atoms with Crippen molar-refractivity contribution in [2.75, 3.05) is 0 Å². The van der Waals surface area contributed by atoms with Crippen LogP contribution in [0, 0.1) is 6.92 Å². The van der Waals surface area contributed by atoms with Gasteiger partial charge in [0.1, 0.15) is 11.8 Å². The van der Waals surface area contributed by atoms with Gasteiger partial charge in [0.25, 0.3) is 10.9 Å². The predicted octanol–water partition coefficient (Wildman–Crippen LogP) is 2.84. The lowest BCUT2D eigenvalue weighted by atomic mass is 9.94. The molecule has 7 heteroatoms. The number of hydrogen-bond acceptors (Lipinski definition) is 5. The molecular formula is C21H15N3O3S. The second-order valence-electron chi connectivity index (χ2n) is 6.66. The number of ether oxygens (including phenoxy) is 1. The third-order valence-corrected chi connectivity index (χ3v) is 5.08. The van der Waals surface area contributed by atoms with E-state index in [-0.39, 0.29) is 5.17 Å². The first kappa shape index (κ1) is 16.7. The van der Waals surface area contributed by atoms with E-state index in [4.69, 9.17) is 21.5 Å². The SMILES string of the molecule is Cc1ccc(-[n+]2noc([O-])c2C2NC(=S)Oc3ccc4ccccc4c32)cc1. The fourth-order valence-electron chi connectivity index (χ4n) is 3.55. The highest BCUT2D eigenvalue weighted by molar-refractivity contribution is 7.80. The normalized spacial score (nSPS) is 15.8. The molecule has 0 saturated heterocycles. The van der Waals surface area contributed by atoms with Crippen LogP contribution in [0.2, 0.25) is 0 Å². The first-order valence-electron chi connectivity index (χ1n) is 8.78. The van der Waals surface area contributed by atoms with Gasteiger partial charge in [-0.25, -0.2) is 0 Å². The van der Waals surface area contributed by atoms with Gasteiger partial charge in [0, 0.05) is 17.7 Å². The molecule has 138 valence electrons. The van der Waals surface area contributed by atoms with Gasteiger partial charge in [-0.2, -0.15) is 0 Å². The van der Waals surface area contributed by atoms with Crippen LogP contribution in [0.5, 0.6) is 11.7 Å². The first-order chi connectivity index (χ1) is 13.6. The Bertz CT molecular complexity index is 1220. The lowest BCUT2D eigenvalue weighted by Gasteiger charge is -2.27. The Morgan fingerprint density at radius 3 is 2.68 bits per heavy atom. The summed E-state index contributed by atoms with van der Waals surface area (Å²) in [5.74, 6) is 0.0881. The van der Waals surface area contributed by atoms with Crippen molar-refractivity contribution in [2.24, 2.45) is 0 Å². The van der Waals surface area contributed by atoms with Crippen LogP contribution in [-0.2, 0) is 0 Å². The maximum atomic E-state index is 12.7. The summed E-state index contributed by atoms with van der Waals surface area (Å²) in [6.07, 6.45) is 0. The summed E-state index contributed by atoms with van der Waals surface area (Å²) in [6, 6.07) is 18.9. The molecule has 1 aromatic heterocycles. The molecule has 0 radical (unpaired) electrons. The molecule has 1 unspecified atom stereocenters. The smallest absolute Gasteiger partial charge is 0.267 e. The number of thiocarbonyl (C=S) groups is 1. The number of hydrogen-bond donors (Lipinski definition) is 1. The van der Waals surface area contributed by atoms with Crippen LogP contribution in [0.3, 0.4) is 0 Å². The Morgan fingerprint density at radius 1 is 1.07 bits per heavy atom. The molecule has 2 heterocycles. The molecule has 0 amide bonds. The van der Waals surface area contributed by atoms with Crippen molar-refractivity contribution in [3.05, 3.63) is 77.5 Å². The molecule has 0 saturated carbocycles. The molecule has 6 nitrogen and oxygen atoms in total. The van der Waals surface area contributed by atoms with Crippen molar-refractivity contribution in [2.45, 2.75) is 13.0 Å². The van der Waals surface area contributed by atoms with Crippen molar-refractivity contribution in [1.82, 2.24) is 10.6 Å². The number of fused-ring (bicyclic) bond motifs is 3. The number of aromatic nitrogens is 2. The zero-order chi connectivity index (χ0) is 19.3. The van der Waals surface area contributed by atoms with Crippen LogP contribution in [0.1, 0.15) is 22.9 Å². The Hall–Kier alpha value is -3.45. The van der Waals surface area contributed by atoms with E-state index in [2.05, 4.69) is 10.6 Å². The molecule has 4 aromatic rings. The van der Waals surface area contributed by atoms with Crippen LogP contribution in [0.4, 0.5) is 0 Å². The Morgan fingerprint density at radius 2 is 1.86 bits per heavy atom. The molecular weight excluding hydrogens is 374 g/mol. The summed E-state index contributed by atoms with van der Waals surface area (Å²) in [7, 11) is 0. The minimum atomic E-state index is -0.553. The molecule has 1 aliphatic rings. The molecule has 1 aliphatic heterocycles. The lowest BCUT2D eigenvalue weighted by Crippen LogP contribution is -2.45. The predicted molar refractivity (Wildman–Crippen MR) is 104 cm³/mol. The number of aryl methyl sites for hydroxylation is 1. The fourth-order valence-corrected chi connectivity index (χ4v) is 3.76. The zero-order valence-electron chi connectivity index (χ0n) is 14.9. The highest BCUT2D eigenvalue weighted by Gasteiger charge is 2.37. The highest BCUT2D eigenvalue weighted by Crippen LogP contribution is 2.39. The van der Waals surface area contributed by atoms with Crippen LogP contribution in [0.25, 0.3) is 16.5 Å². The van der Waals surface area contributed by atoms with Crippen LogP contribution >= 0.6 is 12.2 Å². The quantitative estimate of drug-likeness (QED) is 0.420. The average molecular weight is 389 g/mol. The summed E-state index contributed by atoms with van der Waals surface area (Å²) in [6.45, 7) is 2.00. The maximum Gasteiger partial charge on any atom is 0.267 e. The monoisotopic (exact) mass is 389 g/mol. The maximum absolute atomic E-state index is 12.7. The van der Waals surface area contributed by atoms with E-state index >= 15 is 0 Å². The van der Waals surface area contributed by atoms with Crippen LogP contribution in [-0.4, -0.2) is 10.4 Å². The molecule has 5 rings (SSSR count). The number of benzene rings is 3. The molecule has 3 aromatic carbocycles. The molecule has 0 bridgehead atoms. The molecule has 0 spiro atoms. The Balaban J connectivity index is 1.76. The second kappa shape index (κ2) is 6.31. The summed E-state index contributed by atoms with van der Waals surface area (Å²) in [5.41, 5.74) is 3.01. The van der Waals surface area contributed by atoms with Crippen molar-refractivity contribution >= 4 is 28.2 Å². The van der Waals surface area contributed by atoms with Gasteiger partial charge in [-0.1, -0.05) is 48.0 Å². The number of nitrogens with one attached hydrogen (secondary N) is 1. The number of nitrogens with zero attached hydrogens (tertiary/aromatic N) is 2. The first-order valence-corrected chi connectivity index (χ1v) is 9.18. The minimum Gasteiger partial charge on any atom is -0.539 e. The van der Waals surface area contributed by atoms with Crippen molar-refractivity contribution < 1.29 is 19.0 Å². The van der Waals surface area contributed by atoms with E-state index in [0.29, 0.717) is 11.4 Å². The van der Waals surface area contributed by atoms with Crippen molar-refractivity contribution in [3.63, 3.8) is 0 Å². The Labute approximate surface area is 165 Å². The Kier molecular flexibility index (Phi) is 3.77. The third kappa shape index (κ3) is 2.59. The molecule has 1 atom stereocenters. The number of rotatable bonds is 2. The molecule has 28 heavy (non-hydrogen) atoms. The topological polar surface area (TPSA) is 74.2 Å². The van der Waals surface area contributed by atoms with E-state index in [1.807, 2.05) is 67.6 Å². The van der Waals surface area contributed by atoms with Gasteiger partial charge >= 0.3 is 0 Å². The van der Waals surface area contributed by atoms with E-state index in [1.54, 1.807) is 0 Å². The molecule has 0 fully saturated rings. The third-order valence-electron chi connectivity index (χ3n) is 4.88. The van der Waals surface area contributed by atoms with Gasteiger partial charge in [-0.05, 0) is 40.7 Å². The fraction of sp³-hybridized carbons (Fsp3) is 0.0952.